The van der Waals surface area contributed by atoms with Crippen molar-refractivity contribution >= 4 is 33.6 Å². The van der Waals surface area contributed by atoms with Gasteiger partial charge < -0.3 is 9.32 Å². The van der Waals surface area contributed by atoms with Crippen molar-refractivity contribution in [3.8, 4) is 11.5 Å². The average Bonchev–Trinajstić information content (AvgIpc) is 3.03. The molecule has 0 N–H and O–H groups in total. The van der Waals surface area contributed by atoms with Gasteiger partial charge in [0, 0.05) is 17.6 Å². The molecule has 0 bridgehead atoms. The monoisotopic (exact) mass is 395 g/mol. The lowest BCUT2D eigenvalue weighted by atomic mass is 10.1. The summed E-state index contributed by atoms with van der Waals surface area (Å²) in [6.45, 7) is 3.61. The summed E-state index contributed by atoms with van der Waals surface area (Å²) in [5.74, 6) is 0.605. The lowest BCUT2D eigenvalue weighted by Crippen LogP contribution is -2.40. The molecule has 1 amide bonds. The fourth-order valence-corrected chi connectivity index (χ4v) is 3.80. The number of hydrogen-bond donors (Lipinski definition) is 0. The van der Waals surface area contributed by atoms with Gasteiger partial charge in [-0.1, -0.05) is 23.9 Å². The molecular weight excluding hydrogens is 378 g/mol. The zero-order valence-corrected chi connectivity index (χ0v) is 15.3. The Labute approximate surface area is 148 Å². The van der Waals surface area contributed by atoms with Gasteiger partial charge in [-0.25, -0.2) is 0 Å². The van der Waals surface area contributed by atoms with Gasteiger partial charge in [0.1, 0.15) is 0 Å². The predicted octanol–water partition coefficient (Wildman–Crippen LogP) is 3.99. The van der Waals surface area contributed by atoms with Gasteiger partial charge in [-0.3, -0.25) is 4.79 Å². The molecule has 1 aliphatic heterocycles. The van der Waals surface area contributed by atoms with Crippen LogP contribution in [0.3, 0.4) is 0 Å². The Morgan fingerprint density at radius 1 is 1.26 bits per heavy atom. The number of carbonyl (C=O) groups excluding carboxylic acids is 1. The maximum absolute atomic E-state index is 12.4. The number of hydrogen-bond acceptors (Lipinski definition) is 5. The molecule has 1 saturated heterocycles. The van der Waals surface area contributed by atoms with E-state index in [0.717, 1.165) is 36.0 Å². The molecule has 0 radical (unpaired) electrons. The Bertz CT molecular complexity index is 685. The minimum Gasteiger partial charge on any atom is -0.411 e. The molecule has 0 aliphatic carbocycles. The van der Waals surface area contributed by atoms with E-state index in [9.17, 15) is 4.79 Å². The Hall–Kier alpha value is -1.34. The molecule has 1 aromatic heterocycles. The number of rotatable bonds is 4. The highest BCUT2D eigenvalue weighted by Gasteiger charge is 2.25. The van der Waals surface area contributed by atoms with Crippen LogP contribution in [0.1, 0.15) is 26.2 Å². The third kappa shape index (κ3) is 3.95. The second kappa shape index (κ2) is 7.49. The predicted molar refractivity (Wildman–Crippen MR) is 93.2 cm³/mol. The quantitative estimate of drug-likeness (QED) is 0.732. The third-order valence-corrected chi connectivity index (χ3v) is 5.42. The van der Waals surface area contributed by atoms with E-state index in [2.05, 4.69) is 26.1 Å². The molecule has 0 spiro atoms. The molecule has 0 unspecified atom stereocenters. The number of halogens is 1. The standard InChI is InChI=1S/C16H18BrN3O2S/c1-11(15(21)20-9-5-2-6-10-20)23-16-19-18-14(22-16)12-7-3-4-8-13(12)17/h3-4,7-8,11H,2,5-6,9-10H2,1H3/t11-/m0/s1. The van der Waals surface area contributed by atoms with Crippen LogP contribution in [-0.2, 0) is 4.79 Å². The van der Waals surface area contributed by atoms with Gasteiger partial charge in [-0.05, 0) is 54.2 Å². The topological polar surface area (TPSA) is 59.2 Å². The second-order valence-corrected chi connectivity index (χ2v) is 7.65. The van der Waals surface area contributed by atoms with Crippen molar-refractivity contribution < 1.29 is 9.21 Å². The molecule has 2 aromatic rings. The van der Waals surface area contributed by atoms with E-state index in [4.69, 9.17) is 4.42 Å². The Balaban J connectivity index is 1.66. The van der Waals surface area contributed by atoms with Crippen LogP contribution in [0.2, 0.25) is 0 Å². The summed E-state index contributed by atoms with van der Waals surface area (Å²) in [5, 5.41) is 8.34. The molecule has 7 heteroatoms. The summed E-state index contributed by atoms with van der Waals surface area (Å²) >= 11 is 4.79. The van der Waals surface area contributed by atoms with Crippen LogP contribution in [0.15, 0.2) is 38.4 Å². The Morgan fingerprint density at radius 2 is 2.00 bits per heavy atom. The molecule has 5 nitrogen and oxygen atoms in total. The minimum absolute atomic E-state index is 0.148. The van der Waals surface area contributed by atoms with Gasteiger partial charge >= 0.3 is 0 Å². The van der Waals surface area contributed by atoms with Crippen molar-refractivity contribution in [2.45, 2.75) is 36.7 Å². The summed E-state index contributed by atoms with van der Waals surface area (Å²) in [6, 6.07) is 7.68. The van der Waals surface area contributed by atoms with Gasteiger partial charge in [0.25, 0.3) is 5.22 Å². The van der Waals surface area contributed by atoms with Gasteiger partial charge in [-0.2, -0.15) is 0 Å². The van der Waals surface area contributed by atoms with Gasteiger partial charge in [0.05, 0.1) is 10.8 Å². The number of nitrogens with zero attached hydrogens (tertiary/aromatic N) is 3. The zero-order chi connectivity index (χ0) is 16.2. The molecule has 0 saturated carbocycles. The molecule has 23 heavy (non-hydrogen) atoms. The van der Waals surface area contributed by atoms with Crippen LogP contribution < -0.4 is 0 Å². The fourth-order valence-electron chi connectivity index (χ4n) is 2.57. The lowest BCUT2D eigenvalue weighted by molar-refractivity contribution is -0.131. The molecule has 1 atom stereocenters. The van der Waals surface area contributed by atoms with Crippen molar-refractivity contribution in [1.82, 2.24) is 15.1 Å². The lowest BCUT2D eigenvalue weighted by Gasteiger charge is -2.28. The maximum atomic E-state index is 12.4. The first-order chi connectivity index (χ1) is 11.1. The Kier molecular flexibility index (Phi) is 5.38. The van der Waals surface area contributed by atoms with Crippen molar-refractivity contribution in [2.24, 2.45) is 0 Å². The SMILES string of the molecule is C[C@H](Sc1nnc(-c2ccccc2Br)o1)C(=O)N1CCCCC1. The molecular formula is C16H18BrN3O2S. The summed E-state index contributed by atoms with van der Waals surface area (Å²) in [6.07, 6.45) is 3.40. The minimum atomic E-state index is -0.222. The summed E-state index contributed by atoms with van der Waals surface area (Å²) < 4.78 is 6.60. The second-order valence-electron chi connectivity index (χ2n) is 5.50. The molecule has 122 valence electrons. The first kappa shape index (κ1) is 16.5. The van der Waals surface area contributed by atoms with Crippen molar-refractivity contribution in [2.75, 3.05) is 13.1 Å². The molecule has 1 fully saturated rings. The van der Waals surface area contributed by atoms with E-state index in [1.54, 1.807) is 0 Å². The highest BCUT2D eigenvalue weighted by molar-refractivity contribution is 9.10. The van der Waals surface area contributed by atoms with E-state index in [0.29, 0.717) is 11.1 Å². The largest absolute Gasteiger partial charge is 0.411 e. The van der Waals surface area contributed by atoms with Crippen molar-refractivity contribution in [3.05, 3.63) is 28.7 Å². The fraction of sp³-hybridized carbons (Fsp3) is 0.438. The van der Waals surface area contributed by atoms with E-state index < -0.39 is 0 Å². The van der Waals surface area contributed by atoms with Crippen molar-refractivity contribution in [1.29, 1.82) is 0 Å². The highest BCUT2D eigenvalue weighted by Crippen LogP contribution is 2.30. The summed E-state index contributed by atoms with van der Waals surface area (Å²) in [4.78, 5) is 14.4. The summed E-state index contributed by atoms with van der Waals surface area (Å²) in [7, 11) is 0. The Morgan fingerprint density at radius 3 is 2.74 bits per heavy atom. The van der Waals surface area contributed by atoms with Crippen LogP contribution in [0.4, 0.5) is 0 Å². The summed E-state index contributed by atoms with van der Waals surface area (Å²) in [5.41, 5.74) is 0.849. The molecule has 2 heterocycles. The number of piperidine rings is 1. The maximum Gasteiger partial charge on any atom is 0.277 e. The third-order valence-electron chi connectivity index (χ3n) is 3.80. The van der Waals surface area contributed by atoms with Crippen LogP contribution in [0, 0.1) is 0 Å². The van der Waals surface area contributed by atoms with E-state index >= 15 is 0 Å². The van der Waals surface area contributed by atoms with Crippen LogP contribution in [0.25, 0.3) is 11.5 Å². The normalized spacial score (nSPS) is 16.3. The molecule has 3 rings (SSSR count). The van der Waals surface area contributed by atoms with Crippen molar-refractivity contribution in [3.63, 3.8) is 0 Å². The number of likely N-dealkylation sites (tertiary alicyclic amines) is 1. The van der Waals surface area contributed by atoms with Gasteiger partial charge in [0.2, 0.25) is 11.8 Å². The van der Waals surface area contributed by atoms with Crippen LogP contribution >= 0.6 is 27.7 Å². The van der Waals surface area contributed by atoms with Gasteiger partial charge in [-0.15, -0.1) is 10.2 Å². The number of thioether (sulfide) groups is 1. The molecule has 1 aliphatic rings. The van der Waals surface area contributed by atoms with Gasteiger partial charge in [0.15, 0.2) is 0 Å². The number of carbonyl (C=O) groups is 1. The zero-order valence-electron chi connectivity index (χ0n) is 12.9. The highest BCUT2D eigenvalue weighted by atomic mass is 79.9. The number of amides is 1. The molecule has 1 aromatic carbocycles. The van der Waals surface area contributed by atoms with E-state index in [1.165, 1.54) is 18.2 Å². The van der Waals surface area contributed by atoms with E-state index in [-0.39, 0.29) is 11.2 Å². The van der Waals surface area contributed by atoms with E-state index in [1.807, 2.05) is 36.1 Å². The van der Waals surface area contributed by atoms with Crippen LogP contribution in [0.5, 0.6) is 0 Å². The number of benzene rings is 1. The van der Waals surface area contributed by atoms with Crippen LogP contribution in [-0.4, -0.2) is 39.3 Å². The first-order valence-corrected chi connectivity index (χ1v) is 9.36. The smallest absolute Gasteiger partial charge is 0.277 e. The first-order valence-electron chi connectivity index (χ1n) is 7.69. The number of aromatic nitrogens is 2. The average molecular weight is 396 g/mol.